The van der Waals surface area contributed by atoms with Gasteiger partial charge in [0.2, 0.25) is 0 Å². The quantitative estimate of drug-likeness (QED) is 0.545. The molecule has 2 heterocycles. The molecule has 1 aliphatic rings. The van der Waals surface area contributed by atoms with Gasteiger partial charge in [-0.15, -0.1) is 12.4 Å². The van der Waals surface area contributed by atoms with Crippen LogP contribution in [0.3, 0.4) is 0 Å². The van der Waals surface area contributed by atoms with Gasteiger partial charge in [-0.3, -0.25) is 4.90 Å². The average molecular weight is 439 g/mol. The third-order valence-corrected chi connectivity index (χ3v) is 5.80. The van der Waals surface area contributed by atoms with E-state index in [1.807, 2.05) is 48.7 Å². The molecule has 7 heteroatoms. The fourth-order valence-corrected chi connectivity index (χ4v) is 4.15. The lowest BCUT2D eigenvalue weighted by atomic mass is 10.2. The van der Waals surface area contributed by atoms with Crippen molar-refractivity contribution < 1.29 is 9.53 Å². The van der Waals surface area contributed by atoms with Gasteiger partial charge in [0, 0.05) is 55.5 Å². The molecule has 0 atom stereocenters. The van der Waals surface area contributed by atoms with Crippen LogP contribution in [0.5, 0.6) is 0 Å². The summed E-state index contributed by atoms with van der Waals surface area (Å²) in [6, 6.07) is 18.0. The van der Waals surface area contributed by atoms with E-state index in [0.29, 0.717) is 11.1 Å². The summed E-state index contributed by atoms with van der Waals surface area (Å²) in [5.41, 5.74) is 3.58. The number of nitriles is 1. The Bertz CT molecular complexity index is 1060. The maximum atomic E-state index is 12.1. The molecule has 162 valence electrons. The summed E-state index contributed by atoms with van der Waals surface area (Å²) in [6.45, 7) is 5.93. The van der Waals surface area contributed by atoms with Gasteiger partial charge in [0.25, 0.3) is 0 Å². The second-order valence-corrected chi connectivity index (χ2v) is 7.59. The number of anilines is 1. The van der Waals surface area contributed by atoms with E-state index in [-0.39, 0.29) is 18.4 Å². The zero-order valence-corrected chi connectivity index (χ0v) is 18.5. The molecule has 4 rings (SSSR count). The predicted octanol–water partition coefficient (Wildman–Crippen LogP) is 3.93. The largest absolute Gasteiger partial charge is 0.465 e. The Balaban J connectivity index is 0.00000272. The Morgan fingerprint density at radius 1 is 1.03 bits per heavy atom. The lowest BCUT2D eigenvalue weighted by molar-refractivity contribution is 0.0602. The number of methoxy groups -OCH3 is 1. The van der Waals surface area contributed by atoms with Crippen molar-refractivity contribution in [1.82, 2.24) is 9.47 Å². The Labute approximate surface area is 189 Å². The van der Waals surface area contributed by atoms with Crippen LogP contribution in [0, 0.1) is 11.3 Å². The molecule has 0 radical (unpaired) electrons. The summed E-state index contributed by atoms with van der Waals surface area (Å²) in [5, 5.41) is 9.89. The van der Waals surface area contributed by atoms with E-state index in [1.54, 1.807) is 0 Å². The number of piperazine rings is 1. The molecule has 1 saturated heterocycles. The van der Waals surface area contributed by atoms with Crippen molar-refractivity contribution in [2.24, 2.45) is 0 Å². The first-order valence-electron chi connectivity index (χ1n) is 10.3. The zero-order chi connectivity index (χ0) is 20.9. The molecular weight excluding hydrogens is 412 g/mol. The molecule has 3 aromatic rings. The Hall–Kier alpha value is -3.01. The zero-order valence-electron chi connectivity index (χ0n) is 17.7. The second-order valence-electron chi connectivity index (χ2n) is 7.59. The van der Waals surface area contributed by atoms with E-state index in [1.165, 1.54) is 12.8 Å². The van der Waals surface area contributed by atoms with Crippen molar-refractivity contribution >= 4 is 35.0 Å². The van der Waals surface area contributed by atoms with Crippen molar-refractivity contribution in [3.05, 3.63) is 65.9 Å². The highest BCUT2D eigenvalue weighted by molar-refractivity contribution is 6.04. The number of hydrogen-bond acceptors (Lipinski definition) is 5. The third kappa shape index (κ3) is 5.01. The first-order valence-corrected chi connectivity index (χ1v) is 10.3. The number of fused-ring (bicyclic) bond motifs is 1. The molecule has 0 unspecified atom stereocenters. The Kier molecular flexibility index (Phi) is 7.56. The molecule has 0 bridgehead atoms. The van der Waals surface area contributed by atoms with E-state index in [4.69, 9.17) is 10.00 Å². The van der Waals surface area contributed by atoms with E-state index < -0.39 is 0 Å². The van der Waals surface area contributed by atoms with Gasteiger partial charge in [-0.25, -0.2) is 4.79 Å². The molecule has 6 nitrogen and oxygen atoms in total. The maximum Gasteiger partial charge on any atom is 0.340 e. The summed E-state index contributed by atoms with van der Waals surface area (Å²) in [4.78, 5) is 16.9. The van der Waals surface area contributed by atoms with Gasteiger partial charge in [-0.2, -0.15) is 5.26 Å². The van der Waals surface area contributed by atoms with Crippen molar-refractivity contribution in [3.63, 3.8) is 0 Å². The van der Waals surface area contributed by atoms with Gasteiger partial charge in [0.05, 0.1) is 24.3 Å². The number of carbonyl (C=O) groups excluding carboxylic acids is 1. The summed E-state index contributed by atoms with van der Waals surface area (Å²) >= 11 is 0. The van der Waals surface area contributed by atoms with Crippen LogP contribution in [0.2, 0.25) is 0 Å². The van der Waals surface area contributed by atoms with Crippen LogP contribution in [0.25, 0.3) is 10.9 Å². The van der Waals surface area contributed by atoms with Crippen LogP contribution in [-0.2, 0) is 11.3 Å². The standard InChI is InChI=1S/C24H26N4O2.ClH/c1-30-24(29)22-18-28(23-6-3-2-5-21(22)23)12-4-11-26-13-15-27(16-14-26)20-9-7-19(17-25)8-10-20;/h2-3,5-10,18H,4,11-16H2,1H3;1H. The minimum absolute atomic E-state index is 0. The third-order valence-electron chi connectivity index (χ3n) is 5.80. The molecule has 0 saturated carbocycles. The van der Waals surface area contributed by atoms with E-state index in [0.717, 1.165) is 56.6 Å². The number of benzene rings is 2. The highest BCUT2D eigenvalue weighted by Gasteiger charge is 2.18. The predicted molar refractivity (Wildman–Crippen MR) is 125 cm³/mol. The molecule has 31 heavy (non-hydrogen) atoms. The molecule has 1 aromatic heterocycles. The van der Waals surface area contributed by atoms with Crippen LogP contribution < -0.4 is 4.90 Å². The number of nitrogens with zero attached hydrogens (tertiary/aromatic N) is 4. The first-order chi connectivity index (χ1) is 14.7. The van der Waals surface area contributed by atoms with E-state index in [2.05, 4.69) is 26.5 Å². The molecule has 1 fully saturated rings. The lowest BCUT2D eigenvalue weighted by Crippen LogP contribution is -2.46. The van der Waals surface area contributed by atoms with E-state index >= 15 is 0 Å². The highest BCUT2D eigenvalue weighted by atomic mass is 35.5. The Morgan fingerprint density at radius 2 is 1.74 bits per heavy atom. The van der Waals surface area contributed by atoms with Gasteiger partial charge in [-0.1, -0.05) is 18.2 Å². The van der Waals surface area contributed by atoms with Gasteiger partial charge in [-0.05, 0) is 43.3 Å². The SMILES string of the molecule is COC(=O)c1cn(CCCN2CCN(c3ccc(C#N)cc3)CC2)c2ccccc12.Cl. The summed E-state index contributed by atoms with van der Waals surface area (Å²) in [6.07, 6.45) is 2.94. The number of esters is 1. The molecule has 0 spiro atoms. The number of hydrogen-bond donors (Lipinski definition) is 0. The topological polar surface area (TPSA) is 61.5 Å². The summed E-state index contributed by atoms with van der Waals surface area (Å²) in [5.74, 6) is -0.288. The molecule has 0 amide bonds. The fourth-order valence-electron chi connectivity index (χ4n) is 4.15. The van der Waals surface area contributed by atoms with Gasteiger partial charge in [0.15, 0.2) is 0 Å². The van der Waals surface area contributed by atoms with Crippen molar-refractivity contribution in [2.45, 2.75) is 13.0 Å². The maximum absolute atomic E-state index is 12.1. The van der Waals surface area contributed by atoms with Gasteiger partial charge < -0.3 is 14.2 Å². The number of rotatable bonds is 6. The Morgan fingerprint density at radius 3 is 2.42 bits per heavy atom. The van der Waals surface area contributed by atoms with Gasteiger partial charge >= 0.3 is 5.97 Å². The molecule has 2 aromatic carbocycles. The smallest absolute Gasteiger partial charge is 0.340 e. The molecule has 0 N–H and O–H groups in total. The van der Waals surface area contributed by atoms with Crippen LogP contribution in [0.15, 0.2) is 54.7 Å². The van der Waals surface area contributed by atoms with Crippen LogP contribution in [0.1, 0.15) is 22.3 Å². The minimum Gasteiger partial charge on any atom is -0.465 e. The number of aromatic nitrogens is 1. The highest BCUT2D eigenvalue weighted by Crippen LogP contribution is 2.23. The number of carbonyl (C=O) groups is 1. The normalized spacial score (nSPS) is 14.1. The summed E-state index contributed by atoms with van der Waals surface area (Å²) < 4.78 is 7.10. The number of halogens is 1. The lowest BCUT2D eigenvalue weighted by Gasteiger charge is -2.36. The number of ether oxygens (including phenoxy) is 1. The van der Waals surface area contributed by atoms with Crippen LogP contribution in [0.4, 0.5) is 5.69 Å². The summed E-state index contributed by atoms with van der Waals surface area (Å²) in [7, 11) is 1.42. The molecule has 0 aliphatic carbocycles. The fraction of sp³-hybridized carbons (Fsp3) is 0.333. The van der Waals surface area contributed by atoms with Crippen molar-refractivity contribution in [3.8, 4) is 6.07 Å². The van der Waals surface area contributed by atoms with Crippen LogP contribution in [-0.4, -0.2) is 55.3 Å². The van der Waals surface area contributed by atoms with E-state index in [9.17, 15) is 4.79 Å². The number of aryl methyl sites for hydroxylation is 1. The second kappa shape index (κ2) is 10.3. The molecular formula is C24H27ClN4O2. The molecule has 1 aliphatic heterocycles. The first kappa shape index (κ1) is 22.7. The van der Waals surface area contributed by atoms with Crippen molar-refractivity contribution in [2.75, 3.05) is 44.7 Å². The monoisotopic (exact) mass is 438 g/mol. The number of para-hydroxylation sites is 1. The minimum atomic E-state index is -0.288. The van der Waals surface area contributed by atoms with Crippen LogP contribution >= 0.6 is 12.4 Å². The van der Waals surface area contributed by atoms with Crippen molar-refractivity contribution in [1.29, 1.82) is 5.26 Å². The van der Waals surface area contributed by atoms with Gasteiger partial charge in [0.1, 0.15) is 0 Å². The average Bonchev–Trinajstić information content (AvgIpc) is 3.18.